The number of hydrogen-bond acceptors (Lipinski definition) is 1. The fourth-order valence-corrected chi connectivity index (χ4v) is 3.60. The molecule has 0 radical (unpaired) electrons. The Morgan fingerprint density at radius 2 is 0.923 bits per heavy atom. The Hall–Kier alpha value is -2.84. The summed E-state index contributed by atoms with van der Waals surface area (Å²) in [7, 11) is 0. The molecule has 0 heterocycles. The highest BCUT2D eigenvalue weighted by Crippen LogP contribution is 2.36. The van der Waals surface area contributed by atoms with Crippen LogP contribution in [-0.4, -0.2) is 0 Å². The van der Waals surface area contributed by atoms with Gasteiger partial charge in [-0.25, -0.2) is 0 Å². The van der Waals surface area contributed by atoms with Crippen molar-refractivity contribution in [1.82, 2.24) is 0 Å². The van der Waals surface area contributed by atoms with Gasteiger partial charge in [-0.1, -0.05) is 82.7 Å². The van der Waals surface area contributed by atoms with Crippen molar-refractivity contribution in [2.24, 2.45) is 0 Å². The molecular weight excluding hydrogens is 382 g/mol. The van der Waals surface area contributed by atoms with Gasteiger partial charge < -0.3 is 4.90 Å². The van der Waals surface area contributed by atoms with Gasteiger partial charge in [0, 0.05) is 21.5 Å². The molecule has 0 saturated carbocycles. The molecule has 0 amide bonds. The normalized spacial score (nSPS) is 10.5. The summed E-state index contributed by atoms with van der Waals surface area (Å²) in [5.41, 5.74) is 5.82. The predicted molar refractivity (Wildman–Crippen MR) is 114 cm³/mol. The second-order valence-electron chi connectivity index (χ2n) is 6.03. The van der Waals surface area contributed by atoms with Crippen molar-refractivity contribution in [3.63, 3.8) is 0 Å². The van der Waals surface area contributed by atoms with Crippen LogP contribution in [0.25, 0.3) is 11.1 Å². The lowest BCUT2D eigenvalue weighted by molar-refractivity contribution is 1.28. The van der Waals surface area contributed by atoms with Gasteiger partial charge in [0.05, 0.1) is 0 Å². The summed E-state index contributed by atoms with van der Waals surface area (Å²) in [6.07, 6.45) is 0. The molecular formula is C24H18BrN. The molecule has 0 atom stereocenters. The average Bonchev–Trinajstić information content (AvgIpc) is 2.71. The SMILES string of the molecule is Brc1ccccc1-c1ccc(N(c2ccccc2)c2ccccc2)cc1. The van der Waals surface area contributed by atoms with Crippen molar-refractivity contribution < 1.29 is 0 Å². The molecule has 0 aliphatic heterocycles. The van der Waals surface area contributed by atoms with Gasteiger partial charge in [0.25, 0.3) is 0 Å². The van der Waals surface area contributed by atoms with Gasteiger partial charge in [-0.15, -0.1) is 0 Å². The Balaban J connectivity index is 1.76. The number of anilines is 3. The van der Waals surface area contributed by atoms with Crippen LogP contribution in [0.4, 0.5) is 17.1 Å². The summed E-state index contributed by atoms with van der Waals surface area (Å²) in [5, 5.41) is 0. The number of hydrogen-bond donors (Lipinski definition) is 0. The molecule has 2 heteroatoms. The highest BCUT2D eigenvalue weighted by molar-refractivity contribution is 9.10. The van der Waals surface area contributed by atoms with E-state index in [0.29, 0.717) is 0 Å². The third-order valence-electron chi connectivity index (χ3n) is 4.34. The van der Waals surface area contributed by atoms with E-state index >= 15 is 0 Å². The molecule has 0 spiro atoms. The first-order chi connectivity index (χ1) is 12.8. The van der Waals surface area contributed by atoms with E-state index in [1.165, 1.54) is 11.1 Å². The number of rotatable bonds is 4. The third kappa shape index (κ3) is 3.42. The van der Waals surface area contributed by atoms with E-state index in [-0.39, 0.29) is 0 Å². The van der Waals surface area contributed by atoms with Crippen LogP contribution in [-0.2, 0) is 0 Å². The van der Waals surface area contributed by atoms with Gasteiger partial charge in [0.2, 0.25) is 0 Å². The zero-order valence-corrected chi connectivity index (χ0v) is 15.8. The van der Waals surface area contributed by atoms with E-state index in [0.717, 1.165) is 21.5 Å². The summed E-state index contributed by atoms with van der Waals surface area (Å²) in [5.74, 6) is 0. The van der Waals surface area contributed by atoms with E-state index in [1.54, 1.807) is 0 Å². The molecule has 4 aromatic carbocycles. The smallest absolute Gasteiger partial charge is 0.0462 e. The lowest BCUT2D eigenvalue weighted by Crippen LogP contribution is -2.09. The van der Waals surface area contributed by atoms with Crippen molar-refractivity contribution in [1.29, 1.82) is 0 Å². The molecule has 126 valence electrons. The lowest BCUT2D eigenvalue weighted by Gasteiger charge is -2.25. The molecule has 0 aromatic heterocycles. The number of nitrogens with zero attached hydrogens (tertiary/aromatic N) is 1. The third-order valence-corrected chi connectivity index (χ3v) is 5.03. The molecule has 0 saturated heterocycles. The van der Waals surface area contributed by atoms with Gasteiger partial charge in [-0.05, 0) is 53.6 Å². The summed E-state index contributed by atoms with van der Waals surface area (Å²) in [4.78, 5) is 2.27. The Kier molecular flexibility index (Phi) is 4.85. The van der Waals surface area contributed by atoms with Crippen molar-refractivity contribution in [3.8, 4) is 11.1 Å². The summed E-state index contributed by atoms with van der Waals surface area (Å²) >= 11 is 3.64. The zero-order valence-electron chi connectivity index (χ0n) is 14.2. The maximum atomic E-state index is 3.64. The summed E-state index contributed by atoms with van der Waals surface area (Å²) in [6, 6.07) is 37.9. The Labute approximate surface area is 162 Å². The molecule has 0 fully saturated rings. The molecule has 0 aliphatic carbocycles. The minimum Gasteiger partial charge on any atom is -0.311 e. The van der Waals surface area contributed by atoms with Gasteiger partial charge in [0.1, 0.15) is 0 Å². The van der Waals surface area contributed by atoms with Crippen LogP contribution in [0.3, 0.4) is 0 Å². The van der Waals surface area contributed by atoms with Crippen molar-refractivity contribution >= 4 is 33.0 Å². The molecule has 0 unspecified atom stereocenters. The monoisotopic (exact) mass is 399 g/mol. The highest BCUT2D eigenvalue weighted by atomic mass is 79.9. The highest BCUT2D eigenvalue weighted by Gasteiger charge is 2.12. The van der Waals surface area contributed by atoms with Gasteiger partial charge in [-0.2, -0.15) is 0 Å². The van der Waals surface area contributed by atoms with Crippen molar-refractivity contribution in [2.75, 3.05) is 4.90 Å². The van der Waals surface area contributed by atoms with Gasteiger partial charge in [0.15, 0.2) is 0 Å². The maximum Gasteiger partial charge on any atom is 0.0462 e. The van der Waals surface area contributed by atoms with E-state index in [9.17, 15) is 0 Å². The van der Waals surface area contributed by atoms with E-state index in [1.807, 2.05) is 18.2 Å². The van der Waals surface area contributed by atoms with Crippen LogP contribution in [0.1, 0.15) is 0 Å². The molecule has 1 nitrogen and oxygen atoms in total. The first kappa shape index (κ1) is 16.6. The van der Waals surface area contributed by atoms with Crippen molar-refractivity contribution in [2.45, 2.75) is 0 Å². The van der Waals surface area contributed by atoms with Crippen LogP contribution in [0.15, 0.2) is 114 Å². The zero-order chi connectivity index (χ0) is 17.8. The Bertz CT molecular complexity index is 940. The molecule has 0 bridgehead atoms. The minimum absolute atomic E-state index is 1.11. The van der Waals surface area contributed by atoms with E-state index in [4.69, 9.17) is 0 Å². The molecule has 4 rings (SSSR count). The van der Waals surface area contributed by atoms with Crippen LogP contribution in [0.5, 0.6) is 0 Å². The van der Waals surface area contributed by atoms with Gasteiger partial charge in [-0.3, -0.25) is 0 Å². The summed E-state index contributed by atoms with van der Waals surface area (Å²) in [6.45, 7) is 0. The van der Waals surface area contributed by atoms with Crippen LogP contribution >= 0.6 is 15.9 Å². The number of halogens is 1. The topological polar surface area (TPSA) is 3.24 Å². The lowest BCUT2D eigenvalue weighted by atomic mass is 10.0. The fourth-order valence-electron chi connectivity index (χ4n) is 3.09. The minimum atomic E-state index is 1.11. The van der Waals surface area contributed by atoms with Crippen LogP contribution in [0, 0.1) is 0 Å². The summed E-state index contributed by atoms with van der Waals surface area (Å²) < 4.78 is 1.11. The van der Waals surface area contributed by atoms with E-state index < -0.39 is 0 Å². The van der Waals surface area contributed by atoms with E-state index in [2.05, 4.69) is 112 Å². The van der Waals surface area contributed by atoms with Gasteiger partial charge >= 0.3 is 0 Å². The first-order valence-electron chi connectivity index (χ1n) is 8.58. The molecule has 4 aromatic rings. The molecule has 0 aliphatic rings. The molecule has 0 N–H and O–H groups in total. The standard InChI is InChI=1S/C24H18BrN/c25-24-14-8-7-13-23(24)19-15-17-22(18-16-19)26(20-9-3-1-4-10-20)21-11-5-2-6-12-21/h1-18H. The second kappa shape index (κ2) is 7.59. The Morgan fingerprint density at radius 3 is 1.46 bits per heavy atom. The predicted octanol–water partition coefficient (Wildman–Crippen LogP) is 7.59. The number of benzene rings is 4. The van der Waals surface area contributed by atoms with Crippen molar-refractivity contribution in [3.05, 3.63) is 114 Å². The Morgan fingerprint density at radius 1 is 0.462 bits per heavy atom. The molecule has 26 heavy (non-hydrogen) atoms. The maximum absolute atomic E-state index is 3.64. The van der Waals surface area contributed by atoms with Crippen LogP contribution < -0.4 is 4.90 Å². The second-order valence-corrected chi connectivity index (χ2v) is 6.89. The average molecular weight is 400 g/mol. The number of para-hydroxylation sites is 2. The largest absolute Gasteiger partial charge is 0.311 e. The quantitative estimate of drug-likeness (QED) is 0.341. The fraction of sp³-hybridized carbons (Fsp3) is 0. The van der Waals surface area contributed by atoms with Crippen LogP contribution in [0.2, 0.25) is 0 Å². The first-order valence-corrected chi connectivity index (χ1v) is 9.37.